The number of ether oxygens (including phenoxy) is 3. The summed E-state index contributed by atoms with van der Waals surface area (Å²) in [5, 5.41) is -0.501. The van der Waals surface area contributed by atoms with Crippen LogP contribution in [0.2, 0.25) is 0 Å². The highest BCUT2D eigenvalue weighted by Gasteiger charge is 2.37. The van der Waals surface area contributed by atoms with E-state index in [0.717, 1.165) is 23.1 Å². The number of imide groups is 1. The predicted molar refractivity (Wildman–Crippen MR) is 120 cm³/mol. The topological polar surface area (TPSA) is 82.1 Å². The molecule has 1 saturated heterocycles. The molecule has 2 rings (SSSR count). The molecule has 0 aliphatic carbocycles. The number of esters is 1. The monoisotopic (exact) mass is 499 g/mol. The van der Waals surface area contributed by atoms with Crippen molar-refractivity contribution >= 4 is 50.9 Å². The van der Waals surface area contributed by atoms with Gasteiger partial charge in [0.2, 0.25) is 0 Å². The van der Waals surface area contributed by atoms with Crippen molar-refractivity contribution in [3.63, 3.8) is 0 Å². The Labute approximate surface area is 189 Å². The molecule has 0 bridgehead atoms. The standard InChI is InChI=1S/C21H26BrNO6S/c1-5-8-28-19-15(22)9-14(10-16(19)27-7-3)11-17-20(25)23(21(26)30-17)12-18(24)29-13(4)6-2/h9-11,13H,5-8,12H2,1-4H3/b17-11-/t13-/m1/s1. The Morgan fingerprint density at radius 3 is 2.60 bits per heavy atom. The van der Waals surface area contributed by atoms with Gasteiger partial charge in [-0.1, -0.05) is 13.8 Å². The summed E-state index contributed by atoms with van der Waals surface area (Å²) in [5.74, 6) is 0.0119. The minimum Gasteiger partial charge on any atom is -0.490 e. The molecule has 7 nitrogen and oxygen atoms in total. The van der Waals surface area contributed by atoms with Crippen LogP contribution < -0.4 is 9.47 Å². The lowest BCUT2D eigenvalue weighted by molar-refractivity contribution is -0.150. The molecule has 1 aliphatic rings. The molecule has 1 aromatic carbocycles. The van der Waals surface area contributed by atoms with Crippen molar-refractivity contribution in [1.29, 1.82) is 0 Å². The molecule has 0 aromatic heterocycles. The fourth-order valence-electron chi connectivity index (χ4n) is 2.54. The molecule has 30 heavy (non-hydrogen) atoms. The normalized spacial score (nSPS) is 16.2. The third kappa shape index (κ3) is 6.25. The predicted octanol–water partition coefficient (Wildman–Crippen LogP) is 5.01. The summed E-state index contributed by atoms with van der Waals surface area (Å²) in [6.45, 7) is 8.12. The highest BCUT2D eigenvalue weighted by Crippen LogP contribution is 2.39. The first-order valence-electron chi connectivity index (χ1n) is 9.84. The van der Waals surface area contributed by atoms with Gasteiger partial charge in [-0.25, -0.2) is 0 Å². The summed E-state index contributed by atoms with van der Waals surface area (Å²) in [5.41, 5.74) is 0.668. The summed E-state index contributed by atoms with van der Waals surface area (Å²) in [7, 11) is 0. The Bertz CT molecular complexity index is 841. The summed E-state index contributed by atoms with van der Waals surface area (Å²) in [4.78, 5) is 38.0. The number of hydrogen-bond acceptors (Lipinski definition) is 7. The zero-order valence-electron chi connectivity index (χ0n) is 17.5. The molecule has 1 fully saturated rings. The van der Waals surface area contributed by atoms with Crippen molar-refractivity contribution in [1.82, 2.24) is 4.90 Å². The number of nitrogens with zero attached hydrogens (tertiary/aromatic N) is 1. The van der Waals surface area contributed by atoms with Crippen LogP contribution in [-0.2, 0) is 14.3 Å². The van der Waals surface area contributed by atoms with Crippen LogP contribution in [-0.4, -0.2) is 47.9 Å². The largest absolute Gasteiger partial charge is 0.490 e. The minimum atomic E-state index is -0.605. The second kappa shape index (κ2) is 11.4. The third-order valence-electron chi connectivity index (χ3n) is 4.15. The van der Waals surface area contributed by atoms with E-state index in [9.17, 15) is 14.4 Å². The van der Waals surface area contributed by atoms with E-state index in [1.165, 1.54) is 0 Å². The van der Waals surface area contributed by atoms with Crippen molar-refractivity contribution < 1.29 is 28.6 Å². The van der Waals surface area contributed by atoms with E-state index in [1.54, 1.807) is 25.1 Å². The van der Waals surface area contributed by atoms with E-state index in [1.807, 2.05) is 20.8 Å². The highest BCUT2D eigenvalue weighted by atomic mass is 79.9. The smallest absolute Gasteiger partial charge is 0.326 e. The van der Waals surface area contributed by atoms with Gasteiger partial charge in [-0.3, -0.25) is 19.3 Å². The Morgan fingerprint density at radius 2 is 1.97 bits per heavy atom. The summed E-state index contributed by atoms with van der Waals surface area (Å²) < 4.78 is 17.3. The van der Waals surface area contributed by atoms with Gasteiger partial charge in [0.1, 0.15) is 6.54 Å². The summed E-state index contributed by atoms with van der Waals surface area (Å²) >= 11 is 4.27. The lowest BCUT2D eigenvalue weighted by Crippen LogP contribution is -2.35. The molecule has 0 unspecified atom stereocenters. The van der Waals surface area contributed by atoms with Gasteiger partial charge >= 0.3 is 5.97 Å². The van der Waals surface area contributed by atoms with E-state index >= 15 is 0 Å². The molecule has 1 aromatic rings. The number of thioether (sulfide) groups is 1. The first-order valence-corrected chi connectivity index (χ1v) is 11.5. The van der Waals surface area contributed by atoms with Crippen LogP contribution in [0.4, 0.5) is 4.79 Å². The first-order chi connectivity index (χ1) is 14.3. The Kier molecular flexibility index (Phi) is 9.23. The summed E-state index contributed by atoms with van der Waals surface area (Å²) in [6.07, 6.45) is 2.84. The van der Waals surface area contributed by atoms with Gasteiger partial charge < -0.3 is 14.2 Å². The number of carbonyl (C=O) groups is 3. The van der Waals surface area contributed by atoms with Crippen molar-refractivity contribution in [2.45, 2.75) is 46.6 Å². The first kappa shape index (κ1) is 24.3. The molecule has 0 N–H and O–H groups in total. The third-order valence-corrected chi connectivity index (χ3v) is 5.64. The zero-order valence-corrected chi connectivity index (χ0v) is 19.9. The number of benzene rings is 1. The van der Waals surface area contributed by atoms with Gasteiger partial charge in [-0.15, -0.1) is 0 Å². The van der Waals surface area contributed by atoms with Gasteiger partial charge in [0, 0.05) is 0 Å². The number of halogens is 1. The van der Waals surface area contributed by atoms with E-state index < -0.39 is 23.7 Å². The minimum absolute atomic E-state index is 0.230. The highest BCUT2D eigenvalue weighted by molar-refractivity contribution is 9.10. The lowest BCUT2D eigenvalue weighted by Gasteiger charge is -2.15. The molecule has 0 saturated carbocycles. The number of amides is 2. The fourth-order valence-corrected chi connectivity index (χ4v) is 3.95. The number of hydrogen-bond donors (Lipinski definition) is 0. The lowest BCUT2D eigenvalue weighted by atomic mass is 10.2. The van der Waals surface area contributed by atoms with Crippen LogP contribution in [0, 0.1) is 0 Å². The molecule has 9 heteroatoms. The molecule has 0 radical (unpaired) electrons. The summed E-state index contributed by atoms with van der Waals surface area (Å²) in [6, 6.07) is 3.54. The van der Waals surface area contributed by atoms with Gasteiger partial charge in [0.15, 0.2) is 11.5 Å². The Hall–Kier alpha value is -2.00. The molecule has 2 amide bonds. The van der Waals surface area contributed by atoms with E-state index in [4.69, 9.17) is 14.2 Å². The average molecular weight is 500 g/mol. The quantitative estimate of drug-likeness (QED) is 0.330. The van der Waals surface area contributed by atoms with E-state index in [0.29, 0.717) is 41.2 Å². The van der Waals surface area contributed by atoms with Crippen LogP contribution in [0.5, 0.6) is 11.5 Å². The molecule has 1 heterocycles. The van der Waals surface area contributed by atoms with Crippen LogP contribution in [0.15, 0.2) is 21.5 Å². The van der Waals surface area contributed by atoms with Gasteiger partial charge in [0.05, 0.1) is 28.7 Å². The Morgan fingerprint density at radius 1 is 1.23 bits per heavy atom. The van der Waals surface area contributed by atoms with Crippen LogP contribution in [0.25, 0.3) is 6.08 Å². The maximum atomic E-state index is 12.7. The van der Waals surface area contributed by atoms with Crippen LogP contribution in [0.1, 0.15) is 46.1 Å². The average Bonchev–Trinajstić information content (AvgIpc) is 2.94. The molecule has 164 valence electrons. The van der Waals surface area contributed by atoms with E-state index in [2.05, 4.69) is 15.9 Å². The maximum Gasteiger partial charge on any atom is 0.326 e. The van der Waals surface area contributed by atoms with E-state index in [-0.39, 0.29) is 11.0 Å². The van der Waals surface area contributed by atoms with Gasteiger partial charge in [-0.05, 0) is 78.2 Å². The molecule has 0 spiro atoms. The van der Waals surface area contributed by atoms with Crippen molar-refractivity contribution in [2.75, 3.05) is 19.8 Å². The molecule has 1 atom stereocenters. The second-order valence-electron chi connectivity index (χ2n) is 6.59. The number of rotatable bonds is 10. The van der Waals surface area contributed by atoms with Gasteiger partial charge in [0.25, 0.3) is 11.1 Å². The molecular weight excluding hydrogens is 474 g/mol. The molecule has 1 aliphatic heterocycles. The second-order valence-corrected chi connectivity index (χ2v) is 8.44. The Balaban J connectivity index is 2.23. The maximum absolute atomic E-state index is 12.7. The van der Waals surface area contributed by atoms with Crippen LogP contribution >= 0.6 is 27.7 Å². The van der Waals surface area contributed by atoms with Gasteiger partial charge in [-0.2, -0.15) is 0 Å². The number of carbonyl (C=O) groups excluding carboxylic acids is 3. The molecular formula is C21H26BrNO6S. The van der Waals surface area contributed by atoms with Crippen molar-refractivity contribution in [3.05, 3.63) is 27.1 Å². The van der Waals surface area contributed by atoms with Crippen molar-refractivity contribution in [3.8, 4) is 11.5 Å². The fraction of sp³-hybridized carbons (Fsp3) is 0.476. The van der Waals surface area contributed by atoms with Crippen molar-refractivity contribution in [2.24, 2.45) is 0 Å². The van der Waals surface area contributed by atoms with Crippen LogP contribution in [0.3, 0.4) is 0 Å². The SMILES string of the molecule is CCCOc1c(Br)cc(/C=C2\SC(=O)N(CC(=O)O[C@H](C)CC)C2=O)cc1OCC. The zero-order chi connectivity index (χ0) is 22.3.